The van der Waals surface area contributed by atoms with Crippen LogP contribution < -0.4 is 71.2 Å². The van der Waals surface area contributed by atoms with Crippen LogP contribution in [0.3, 0.4) is 0 Å². The number of nitrogens with one attached hydrogen (secondary N) is 8. The van der Waals surface area contributed by atoms with Crippen molar-refractivity contribution in [3.8, 4) is 5.75 Å². The smallest absolute Gasteiger partial charge is 0.326 e. The molecule has 0 aliphatic heterocycles. The maximum atomic E-state index is 14.7. The number of aromatic hydroxyl groups is 1. The minimum Gasteiger partial charge on any atom is -0.508 e. The highest BCUT2D eigenvalue weighted by Crippen LogP contribution is 2.16. The van der Waals surface area contributed by atoms with Gasteiger partial charge in [0.1, 0.15) is 54.1 Å². The van der Waals surface area contributed by atoms with E-state index in [4.69, 9.17) is 28.7 Å². The van der Waals surface area contributed by atoms with Crippen molar-refractivity contribution in [2.75, 3.05) is 13.1 Å². The molecule has 0 unspecified atom stereocenters. The van der Waals surface area contributed by atoms with E-state index in [1.165, 1.54) is 31.2 Å². The second kappa shape index (κ2) is 34.9. The maximum absolute atomic E-state index is 14.7. The Balaban J connectivity index is 2.58. The third-order valence-corrected chi connectivity index (χ3v) is 13.4. The number of aliphatic imine (C=N–C) groups is 1. The first-order valence-corrected chi connectivity index (χ1v) is 27.0. The number of carbonyl (C=O) groups is 10. The van der Waals surface area contributed by atoms with Crippen molar-refractivity contribution < 1.29 is 58.2 Å². The molecule has 0 heterocycles. The molecule has 20 N–H and O–H groups in total. The molecule has 2 aromatic carbocycles. The molecule has 0 bridgehead atoms. The third-order valence-electron chi connectivity index (χ3n) is 13.4. The van der Waals surface area contributed by atoms with Crippen LogP contribution in [-0.4, -0.2) is 143 Å². The number of amides is 9. The van der Waals surface area contributed by atoms with E-state index < -0.39 is 138 Å². The number of hydrogen-bond acceptors (Lipinski definition) is 14. The monoisotopic (exact) mass is 1120 g/mol. The molecule has 0 saturated carbocycles. The van der Waals surface area contributed by atoms with Gasteiger partial charge >= 0.3 is 5.97 Å². The number of phenolic OH excluding ortho intramolecular Hbond substituents is 1. The molecule has 0 aromatic heterocycles. The summed E-state index contributed by atoms with van der Waals surface area (Å²) in [6.45, 7) is 12.0. The fourth-order valence-corrected chi connectivity index (χ4v) is 8.12. The predicted molar refractivity (Wildman–Crippen MR) is 299 cm³/mol. The fourth-order valence-electron chi connectivity index (χ4n) is 8.12. The fraction of sp³-hybridized carbons (Fsp3) is 0.574. The molecule has 444 valence electrons. The zero-order valence-electron chi connectivity index (χ0n) is 46.9. The lowest BCUT2D eigenvalue weighted by molar-refractivity contribution is -0.143. The van der Waals surface area contributed by atoms with Crippen LogP contribution in [-0.2, 0) is 60.8 Å². The predicted octanol–water partition coefficient (Wildman–Crippen LogP) is -1.71. The van der Waals surface area contributed by atoms with Gasteiger partial charge in [-0.25, -0.2) is 4.79 Å². The van der Waals surface area contributed by atoms with Crippen molar-refractivity contribution in [2.45, 2.75) is 167 Å². The number of primary amides is 1. The summed E-state index contributed by atoms with van der Waals surface area (Å²) in [5.41, 5.74) is 29.3. The molecule has 11 atom stereocenters. The van der Waals surface area contributed by atoms with Gasteiger partial charge in [0.15, 0.2) is 5.96 Å². The first-order valence-electron chi connectivity index (χ1n) is 27.0. The zero-order chi connectivity index (χ0) is 60.2. The van der Waals surface area contributed by atoms with Gasteiger partial charge in [-0.05, 0) is 80.2 Å². The number of phenols is 1. The summed E-state index contributed by atoms with van der Waals surface area (Å²) >= 11 is 0. The van der Waals surface area contributed by atoms with Crippen molar-refractivity contribution in [3.63, 3.8) is 0 Å². The van der Waals surface area contributed by atoms with E-state index in [1.807, 2.05) is 0 Å². The van der Waals surface area contributed by atoms with Crippen LogP contribution in [0.15, 0.2) is 59.6 Å². The van der Waals surface area contributed by atoms with Crippen LogP contribution >= 0.6 is 0 Å². The number of carboxylic acid groups (broad SMARTS) is 1. The van der Waals surface area contributed by atoms with E-state index in [-0.39, 0.29) is 43.9 Å². The van der Waals surface area contributed by atoms with E-state index in [2.05, 4.69) is 47.5 Å². The van der Waals surface area contributed by atoms with Gasteiger partial charge in [-0.3, -0.25) is 48.1 Å². The molecule has 0 spiro atoms. The topological polar surface area (TPSA) is 450 Å². The number of benzene rings is 2. The molecule has 9 amide bonds. The van der Waals surface area contributed by atoms with Gasteiger partial charge in [0.25, 0.3) is 0 Å². The number of nitrogens with zero attached hydrogens (tertiary/aromatic N) is 1. The Morgan fingerprint density at radius 1 is 0.525 bits per heavy atom. The van der Waals surface area contributed by atoms with Gasteiger partial charge in [-0.1, -0.05) is 103 Å². The number of nitrogens with two attached hydrogens (primary N) is 5. The molecule has 26 nitrogen and oxygen atoms in total. The molecule has 2 aromatic rings. The Morgan fingerprint density at radius 3 is 1.52 bits per heavy atom. The van der Waals surface area contributed by atoms with Gasteiger partial charge in [0.05, 0.1) is 12.5 Å². The van der Waals surface area contributed by atoms with Crippen LogP contribution in [0.1, 0.15) is 111 Å². The number of aliphatic carboxylic acids is 1. The lowest BCUT2D eigenvalue weighted by Gasteiger charge is -2.30. The normalized spacial score (nSPS) is 15.2. The molecule has 26 heteroatoms. The van der Waals surface area contributed by atoms with E-state index in [0.29, 0.717) is 49.8 Å². The van der Waals surface area contributed by atoms with Crippen LogP contribution in [0.2, 0.25) is 0 Å². The average molecular weight is 1120 g/mol. The largest absolute Gasteiger partial charge is 0.508 e. The number of guanidine groups is 1. The van der Waals surface area contributed by atoms with E-state index in [0.717, 1.165) is 0 Å². The van der Waals surface area contributed by atoms with Gasteiger partial charge in [0, 0.05) is 19.4 Å². The summed E-state index contributed by atoms with van der Waals surface area (Å²) in [6.07, 6.45) is 1.16. The zero-order valence-corrected chi connectivity index (χ0v) is 46.9. The Kier molecular flexibility index (Phi) is 29.8. The Labute approximate surface area is 467 Å². The molecular weight excluding hydrogens is 1040 g/mol. The highest BCUT2D eigenvalue weighted by molar-refractivity contribution is 5.99. The highest BCUT2D eigenvalue weighted by atomic mass is 16.4. The van der Waals surface area contributed by atoms with Crippen molar-refractivity contribution in [2.24, 2.45) is 51.4 Å². The third kappa shape index (κ3) is 24.0. The average Bonchev–Trinajstić information content (AvgIpc) is 3.41. The Morgan fingerprint density at radius 2 is 1.00 bits per heavy atom. The van der Waals surface area contributed by atoms with E-state index in [9.17, 15) is 58.2 Å². The number of rotatable bonds is 36. The van der Waals surface area contributed by atoms with E-state index in [1.54, 1.807) is 71.9 Å². The lowest BCUT2D eigenvalue weighted by atomic mass is 9.95. The van der Waals surface area contributed by atoms with E-state index >= 15 is 0 Å². The number of carboxylic acids is 1. The summed E-state index contributed by atoms with van der Waals surface area (Å²) < 4.78 is 0. The van der Waals surface area contributed by atoms with Crippen LogP contribution in [0.4, 0.5) is 0 Å². The summed E-state index contributed by atoms with van der Waals surface area (Å²) in [7, 11) is 0. The molecule has 0 radical (unpaired) electrons. The van der Waals surface area contributed by atoms with Crippen molar-refractivity contribution in [1.29, 1.82) is 0 Å². The SMILES string of the molecule is CC[C@H](C)[C@H](NC(=O)[C@H](C)NC(=O)[C@H](CC(N)=O)NC(=O)[C@H](Cc1ccccc1)NC(=O)[C@H](CCCN=C(N)N)NC(=O)[C@H](Cc1ccc(O)cc1)NC(=O)[C@@H](NC(=O)[C@@H](NC(=O)[C@@H](N)CCCCN)C(C)C)[C@@H](C)CC)C(=O)O. The summed E-state index contributed by atoms with van der Waals surface area (Å²) in [6, 6.07) is 2.09. The van der Waals surface area contributed by atoms with Gasteiger partial charge in [-0.2, -0.15) is 0 Å². The van der Waals surface area contributed by atoms with Gasteiger partial charge < -0.3 is 81.4 Å². The number of hydrogen-bond donors (Lipinski definition) is 15. The Hall–Kier alpha value is -7.87. The molecular formula is C54H86N14O12. The lowest BCUT2D eigenvalue weighted by Crippen LogP contribution is -2.62. The molecule has 0 aliphatic rings. The second-order valence-corrected chi connectivity index (χ2v) is 20.4. The maximum Gasteiger partial charge on any atom is 0.326 e. The summed E-state index contributed by atoms with van der Waals surface area (Å²) in [5, 5.41) is 40.5. The molecule has 80 heavy (non-hydrogen) atoms. The van der Waals surface area contributed by atoms with Gasteiger partial charge in [0.2, 0.25) is 53.2 Å². The summed E-state index contributed by atoms with van der Waals surface area (Å²) in [4.78, 5) is 140. The summed E-state index contributed by atoms with van der Waals surface area (Å²) in [5.74, 6) is -10.8. The van der Waals surface area contributed by atoms with Crippen molar-refractivity contribution >= 4 is 65.1 Å². The quantitative estimate of drug-likeness (QED) is 0.0205. The van der Waals surface area contributed by atoms with Crippen LogP contribution in [0.5, 0.6) is 5.75 Å². The van der Waals surface area contributed by atoms with Crippen molar-refractivity contribution in [1.82, 2.24) is 42.5 Å². The van der Waals surface area contributed by atoms with Crippen LogP contribution in [0, 0.1) is 17.8 Å². The first kappa shape index (κ1) is 68.2. The first-order chi connectivity index (χ1) is 37.7. The minimum absolute atomic E-state index is 0.00708. The minimum atomic E-state index is -1.71. The molecule has 2 rings (SSSR count). The van der Waals surface area contributed by atoms with Crippen molar-refractivity contribution in [3.05, 3.63) is 65.7 Å². The standard InChI is InChI=1S/C54H86N14O12/c1-8-30(5)43(67-51(77)42(29(3)4)66-46(72)36(56)18-13-14-24-55)52(78)65-39(27-34-20-22-35(69)23-21-34)49(75)62-37(19-15-25-60-54(58)59)47(73)63-38(26-33-16-11-10-12-17-33)50(76)64-40(28-41(57)70)48(74)61-32(7)45(71)68-44(53(79)80)31(6)9-2/h10-12,16-17,20-23,29-32,36-40,42-44,69H,8-9,13-15,18-19,24-28,55-56H2,1-7H3,(H2,57,70)(H,61,74)(H,62,75)(H,63,73)(H,64,76)(H,65,78)(H,66,72)(H,67,77)(H,68,71)(H,79,80)(H4,58,59,60)/t30-,31-,32-,36-,37-,38-,39-,40-,42-,43-,44-/m0/s1. The molecule has 0 saturated heterocycles. The Bertz CT molecular complexity index is 2410. The molecule has 0 aliphatic carbocycles. The number of unbranched alkanes of at least 4 members (excludes halogenated alkanes) is 1. The second-order valence-electron chi connectivity index (χ2n) is 20.4. The van der Waals surface area contributed by atoms with Crippen LogP contribution in [0.25, 0.3) is 0 Å². The molecule has 0 fully saturated rings. The number of carbonyl (C=O) groups excluding carboxylic acids is 9. The van der Waals surface area contributed by atoms with Gasteiger partial charge in [-0.15, -0.1) is 0 Å². The highest BCUT2D eigenvalue weighted by Gasteiger charge is 2.37.